The van der Waals surface area contributed by atoms with E-state index in [9.17, 15) is 13.2 Å². The van der Waals surface area contributed by atoms with Gasteiger partial charge in [0, 0.05) is 6.20 Å². The summed E-state index contributed by atoms with van der Waals surface area (Å²) in [5, 5.41) is -0.262. The van der Waals surface area contributed by atoms with Gasteiger partial charge in [-0.15, -0.1) is 0 Å². The molecular formula is C8H10ClN3O4S. The number of pyridine rings is 1. The normalized spacial score (nSPS) is 11.2. The number of carbonyl (C=O) groups is 1. The molecule has 0 aliphatic rings. The summed E-state index contributed by atoms with van der Waals surface area (Å²) in [4.78, 5) is 14.1. The maximum absolute atomic E-state index is 11.8. The van der Waals surface area contributed by atoms with E-state index >= 15 is 0 Å². The van der Waals surface area contributed by atoms with Crippen LogP contribution in [0.5, 0.6) is 0 Å². The highest BCUT2D eigenvalue weighted by Crippen LogP contribution is 2.24. The fraction of sp³-hybridized carbons (Fsp3) is 0.250. The van der Waals surface area contributed by atoms with Crippen LogP contribution in [0.4, 0.5) is 5.69 Å². The monoisotopic (exact) mass is 279 g/mol. The molecule has 7 nitrogen and oxygen atoms in total. The van der Waals surface area contributed by atoms with E-state index < -0.39 is 22.5 Å². The summed E-state index contributed by atoms with van der Waals surface area (Å²) >= 11 is 5.64. The number of rotatable bonds is 4. The molecule has 0 saturated heterocycles. The van der Waals surface area contributed by atoms with Gasteiger partial charge in [-0.1, -0.05) is 11.6 Å². The standard InChI is InChI=1S/C8H10ClN3O4S/c1-16-6(13)4-12-17(14,15)7-5(10)2-3-11-8(7)9/h2-3,12H,4H2,1H3,(H2,10,11). The van der Waals surface area contributed by atoms with E-state index in [4.69, 9.17) is 17.3 Å². The van der Waals surface area contributed by atoms with Gasteiger partial charge in [-0.05, 0) is 6.07 Å². The first-order chi connectivity index (χ1) is 7.88. The third-order valence-corrected chi connectivity index (χ3v) is 3.68. The molecule has 0 radical (unpaired) electrons. The summed E-state index contributed by atoms with van der Waals surface area (Å²) < 4.78 is 29.8. The number of nitrogens with two attached hydrogens (primary N) is 1. The van der Waals surface area contributed by atoms with Crippen molar-refractivity contribution in [3.8, 4) is 0 Å². The number of hydrogen-bond donors (Lipinski definition) is 2. The van der Waals surface area contributed by atoms with Crippen LogP contribution >= 0.6 is 11.6 Å². The number of halogens is 1. The third-order valence-electron chi connectivity index (χ3n) is 1.79. The van der Waals surface area contributed by atoms with Gasteiger partial charge >= 0.3 is 5.97 Å². The molecule has 0 saturated carbocycles. The molecule has 17 heavy (non-hydrogen) atoms. The van der Waals surface area contributed by atoms with Crippen molar-refractivity contribution in [2.75, 3.05) is 19.4 Å². The van der Waals surface area contributed by atoms with Crippen LogP contribution < -0.4 is 10.5 Å². The summed E-state index contributed by atoms with van der Waals surface area (Å²) in [5.74, 6) is -0.729. The number of nitrogen functional groups attached to an aromatic ring is 1. The largest absolute Gasteiger partial charge is 0.468 e. The third kappa shape index (κ3) is 3.29. The van der Waals surface area contributed by atoms with Gasteiger partial charge in [-0.25, -0.2) is 13.4 Å². The summed E-state index contributed by atoms with van der Waals surface area (Å²) in [5.41, 5.74) is 5.43. The van der Waals surface area contributed by atoms with Gasteiger partial charge in [0.1, 0.15) is 11.4 Å². The topological polar surface area (TPSA) is 111 Å². The van der Waals surface area contributed by atoms with Crippen molar-refractivity contribution in [1.82, 2.24) is 9.71 Å². The van der Waals surface area contributed by atoms with Crippen molar-refractivity contribution in [2.24, 2.45) is 0 Å². The van der Waals surface area contributed by atoms with Crippen LogP contribution in [0.25, 0.3) is 0 Å². The molecule has 0 bridgehead atoms. The molecule has 94 valence electrons. The molecule has 0 aliphatic heterocycles. The molecule has 0 atom stereocenters. The summed E-state index contributed by atoms with van der Waals surface area (Å²) in [7, 11) is -2.86. The first-order valence-corrected chi connectivity index (χ1v) is 6.21. The lowest BCUT2D eigenvalue weighted by molar-refractivity contribution is -0.139. The molecule has 0 aliphatic carbocycles. The van der Waals surface area contributed by atoms with Crippen LogP contribution in [-0.2, 0) is 19.6 Å². The smallest absolute Gasteiger partial charge is 0.320 e. The van der Waals surface area contributed by atoms with Crippen molar-refractivity contribution in [2.45, 2.75) is 4.90 Å². The lowest BCUT2D eigenvalue weighted by Crippen LogP contribution is -2.31. The van der Waals surface area contributed by atoms with E-state index in [1.54, 1.807) is 0 Å². The molecule has 1 aromatic heterocycles. The Bertz CT molecular complexity index is 511. The summed E-state index contributed by atoms with van der Waals surface area (Å²) in [6, 6.07) is 1.29. The van der Waals surface area contributed by atoms with Crippen molar-refractivity contribution in [1.29, 1.82) is 0 Å². The van der Waals surface area contributed by atoms with Gasteiger partial charge in [0.15, 0.2) is 5.15 Å². The molecule has 0 fully saturated rings. The molecule has 9 heteroatoms. The Morgan fingerprint density at radius 2 is 2.29 bits per heavy atom. The van der Waals surface area contributed by atoms with Crippen LogP contribution in [0, 0.1) is 0 Å². The van der Waals surface area contributed by atoms with E-state index in [2.05, 4.69) is 9.72 Å². The summed E-state index contributed by atoms with van der Waals surface area (Å²) in [6.45, 7) is -0.510. The number of nitrogens with zero attached hydrogens (tertiary/aromatic N) is 1. The maximum Gasteiger partial charge on any atom is 0.320 e. The van der Waals surface area contributed by atoms with E-state index in [0.29, 0.717) is 0 Å². The predicted octanol–water partition coefficient (Wildman–Crippen LogP) is -0.231. The first kappa shape index (κ1) is 13.7. The quantitative estimate of drug-likeness (QED) is 0.582. The zero-order valence-corrected chi connectivity index (χ0v) is 10.4. The molecule has 0 spiro atoms. The molecule has 1 heterocycles. The Morgan fingerprint density at radius 3 is 2.82 bits per heavy atom. The lowest BCUT2D eigenvalue weighted by atomic mass is 10.4. The zero-order chi connectivity index (χ0) is 13.1. The molecule has 1 aromatic rings. The van der Waals surface area contributed by atoms with Gasteiger partial charge < -0.3 is 10.5 Å². The Morgan fingerprint density at radius 1 is 1.65 bits per heavy atom. The van der Waals surface area contributed by atoms with Crippen LogP contribution in [0.3, 0.4) is 0 Å². The van der Waals surface area contributed by atoms with Crippen molar-refractivity contribution in [3.05, 3.63) is 17.4 Å². The molecule has 0 aromatic carbocycles. The SMILES string of the molecule is COC(=O)CNS(=O)(=O)c1c(N)ccnc1Cl. The van der Waals surface area contributed by atoms with Crippen molar-refractivity contribution in [3.63, 3.8) is 0 Å². The van der Waals surface area contributed by atoms with Gasteiger partial charge in [0.25, 0.3) is 0 Å². The number of ether oxygens (including phenoxy) is 1. The minimum atomic E-state index is -4.00. The summed E-state index contributed by atoms with van der Waals surface area (Å²) in [6.07, 6.45) is 1.27. The number of anilines is 1. The number of carbonyl (C=O) groups excluding carboxylic acids is 1. The number of esters is 1. The second kappa shape index (κ2) is 5.30. The van der Waals surface area contributed by atoms with Gasteiger partial charge in [-0.3, -0.25) is 4.79 Å². The van der Waals surface area contributed by atoms with Crippen LogP contribution in [0.15, 0.2) is 17.2 Å². The van der Waals surface area contributed by atoms with E-state index in [-0.39, 0.29) is 15.7 Å². The van der Waals surface area contributed by atoms with Crippen LogP contribution in [-0.4, -0.2) is 33.0 Å². The second-order valence-corrected chi connectivity index (χ2v) is 4.98. The van der Waals surface area contributed by atoms with E-state index in [0.717, 1.165) is 7.11 Å². The minimum Gasteiger partial charge on any atom is -0.468 e. The lowest BCUT2D eigenvalue weighted by Gasteiger charge is -2.08. The van der Waals surface area contributed by atoms with E-state index in [1.807, 2.05) is 4.72 Å². The average molecular weight is 280 g/mol. The van der Waals surface area contributed by atoms with Gasteiger partial charge in [0.2, 0.25) is 10.0 Å². The molecule has 0 amide bonds. The molecule has 1 rings (SSSR count). The van der Waals surface area contributed by atoms with Crippen molar-refractivity contribution < 1.29 is 17.9 Å². The van der Waals surface area contributed by atoms with Crippen molar-refractivity contribution >= 4 is 33.3 Å². The molecule has 0 unspecified atom stereocenters. The molecule has 3 N–H and O–H groups in total. The second-order valence-electron chi connectivity index (χ2n) is 2.92. The van der Waals surface area contributed by atoms with Crippen LogP contribution in [0.1, 0.15) is 0 Å². The Hall–Kier alpha value is -1.38. The van der Waals surface area contributed by atoms with E-state index in [1.165, 1.54) is 12.3 Å². The number of methoxy groups -OCH3 is 1. The number of nitrogens with one attached hydrogen (secondary N) is 1. The number of aromatic nitrogens is 1. The predicted molar refractivity (Wildman–Crippen MR) is 60.9 cm³/mol. The van der Waals surface area contributed by atoms with Crippen LogP contribution in [0.2, 0.25) is 5.15 Å². The highest BCUT2D eigenvalue weighted by atomic mass is 35.5. The number of sulfonamides is 1. The highest BCUT2D eigenvalue weighted by molar-refractivity contribution is 7.89. The fourth-order valence-electron chi connectivity index (χ4n) is 1.00. The first-order valence-electron chi connectivity index (χ1n) is 4.35. The van der Waals surface area contributed by atoms with Gasteiger partial charge in [-0.2, -0.15) is 4.72 Å². The highest BCUT2D eigenvalue weighted by Gasteiger charge is 2.22. The van der Waals surface area contributed by atoms with Gasteiger partial charge in [0.05, 0.1) is 12.8 Å². The Labute approximate surface area is 103 Å². The number of hydrogen-bond acceptors (Lipinski definition) is 6. The Balaban J connectivity index is 3.02. The minimum absolute atomic E-state index is 0.0534. The fourth-order valence-corrected chi connectivity index (χ4v) is 2.58. The Kier molecular flexibility index (Phi) is 4.27. The zero-order valence-electron chi connectivity index (χ0n) is 8.81. The average Bonchev–Trinajstić information content (AvgIpc) is 2.25. The molecular weight excluding hydrogens is 270 g/mol. The maximum atomic E-state index is 11.8.